The molecule has 0 unspecified atom stereocenters. The fourth-order valence-electron chi connectivity index (χ4n) is 3.45. The molecule has 4 rings (SSSR count). The van der Waals surface area contributed by atoms with Gasteiger partial charge in [0.15, 0.2) is 0 Å². The molecular weight excluding hydrogens is 346 g/mol. The van der Waals surface area contributed by atoms with Gasteiger partial charge < -0.3 is 15.1 Å². The number of rotatable bonds is 4. The number of aryl methyl sites for hydroxylation is 1. The summed E-state index contributed by atoms with van der Waals surface area (Å²) in [5.41, 5.74) is 3.67. The molecule has 3 heterocycles. The van der Waals surface area contributed by atoms with Crippen molar-refractivity contribution in [2.24, 2.45) is 5.92 Å². The molecule has 1 saturated heterocycles. The highest BCUT2D eigenvalue weighted by Crippen LogP contribution is 2.24. The first-order chi connectivity index (χ1) is 13.0. The van der Waals surface area contributed by atoms with Crippen LogP contribution in [0.2, 0.25) is 0 Å². The van der Waals surface area contributed by atoms with Gasteiger partial charge in [-0.15, -0.1) is 0 Å². The van der Waals surface area contributed by atoms with E-state index in [1.807, 2.05) is 13.0 Å². The summed E-state index contributed by atoms with van der Waals surface area (Å²) >= 11 is 0. The van der Waals surface area contributed by atoms with Crippen molar-refractivity contribution < 1.29 is 15.0 Å². The first-order valence-electron chi connectivity index (χ1n) is 8.82. The second-order valence-corrected chi connectivity index (χ2v) is 7.00. The number of benzene rings is 1. The number of aliphatic hydroxyl groups excluding tert-OH is 1. The number of hydrogen-bond acceptors (Lipinski definition) is 5. The molecule has 140 valence electrons. The molecule has 0 saturated carbocycles. The van der Waals surface area contributed by atoms with Crippen molar-refractivity contribution in [3.8, 4) is 17.0 Å². The van der Waals surface area contributed by atoms with Crippen LogP contribution >= 0.6 is 0 Å². The molecule has 1 aromatic carbocycles. The summed E-state index contributed by atoms with van der Waals surface area (Å²) in [6.45, 7) is 2.70. The van der Waals surface area contributed by atoms with Crippen molar-refractivity contribution >= 4 is 5.91 Å². The lowest BCUT2D eigenvalue weighted by Gasteiger charge is -2.14. The van der Waals surface area contributed by atoms with Gasteiger partial charge in [-0.2, -0.15) is 10.2 Å². The topological polar surface area (TPSA) is 118 Å². The number of β-amino-alcohol motifs (C(OH)–C–C–N with tert-alkyl or cyclic N) is 1. The van der Waals surface area contributed by atoms with E-state index < -0.39 is 6.10 Å². The first kappa shape index (κ1) is 17.3. The summed E-state index contributed by atoms with van der Waals surface area (Å²) in [4.78, 5) is 14.4. The predicted molar refractivity (Wildman–Crippen MR) is 98.1 cm³/mol. The van der Waals surface area contributed by atoms with Crippen LogP contribution < -0.4 is 0 Å². The molecule has 1 aliphatic rings. The number of carbonyl (C=O) groups excluding carboxylic acids is 1. The van der Waals surface area contributed by atoms with E-state index in [0.717, 1.165) is 17.0 Å². The lowest BCUT2D eigenvalue weighted by atomic mass is 10.0. The lowest BCUT2D eigenvalue weighted by Crippen LogP contribution is -2.29. The van der Waals surface area contributed by atoms with Crippen molar-refractivity contribution in [2.45, 2.75) is 19.4 Å². The Balaban J connectivity index is 1.44. The minimum absolute atomic E-state index is 0.0452. The largest absolute Gasteiger partial charge is 0.508 e. The summed E-state index contributed by atoms with van der Waals surface area (Å²) in [6.07, 6.45) is 0.0438. The molecule has 2 aromatic heterocycles. The van der Waals surface area contributed by atoms with Crippen LogP contribution in [0.5, 0.6) is 5.75 Å². The number of carbonyl (C=O) groups is 1. The molecule has 3 aromatic rings. The first-order valence-corrected chi connectivity index (χ1v) is 8.82. The Morgan fingerprint density at radius 2 is 1.96 bits per heavy atom. The molecule has 0 aliphatic carbocycles. The Kier molecular flexibility index (Phi) is 4.41. The van der Waals surface area contributed by atoms with E-state index in [-0.39, 0.29) is 17.6 Å². The van der Waals surface area contributed by atoms with Crippen molar-refractivity contribution in [3.63, 3.8) is 0 Å². The van der Waals surface area contributed by atoms with Gasteiger partial charge in [-0.3, -0.25) is 15.0 Å². The molecule has 1 amide bonds. The van der Waals surface area contributed by atoms with E-state index >= 15 is 0 Å². The van der Waals surface area contributed by atoms with Crippen LogP contribution in [0.1, 0.15) is 21.9 Å². The van der Waals surface area contributed by atoms with Gasteiger partial charge in [-0.25, -0.2) is 0 Å². The number of nitrogens with one attached hydrogen (secondary N) is 2. The number of aliphatic hydroxyl groups is 1. The molecule has 27 heavy (non-hydrogen) atoms. The number of H-pyrrole nitrogens is 2. The van der Waals surface area contributed by atoms with Gasteiger partial charge in [-0.05, 0) is 49.7 Å². The van der Waals surface area contributed by atoms with Crippen LogP contribution in [-0.2, 0) is 6.42 Å². The highest BCUT2D eigenvalue weighted by Gasteiger charge is 2.35. The minimum Gasteiger partial charge on any atom is -0.508 e. The Morgan fingerprint density at radius 3 is 2.67 bits per heavy atom. The van der Waals surface area contributed by atoms with Crippen LogP contribution in [0.4, 0.5) is 0 Å². The smallest absolute Gasteiger partial charge is 0.271 e. The highest BCUT2D eigenvalue weighted by atomic mass is 16.3. The van der Waals surface area contributed by atoms with Crippen molar-refractivity contribution in [1.82, 2.24) is 25.3 Å². The van der Waals surface area contributed by atoms with E-state index in [1.165, 1.54) is 0 Å². The number of aromatic nitrogens is 4. The van der Waals surface area contributed by atoms with E-state index in [2.05, 4.69) is 20.4 Å². The number of nitrogens with zero attached hydrogens (tertiary/aromatic N) is 3. The molecular formula is C19H21N5O3. The van der Waals surface area contributed by atoms with E-state index in [1.54, 1.807) is 35.2 Å². The number of hydrogen-bond donors (Lipinski definition) is 4. The fraction of sp³-hybridized carbons (Fsp3) is 0.316. The zero-order valence-corrected chi connectivity index (χ0v) is 14.9. The summed E-state index contributed by atoms with van der Waals surface area (Å²) in [5.74, 6) is -0.0572. The molecule has 8 heteroatoms. The second kappa shape index (κ2) is 6.88. The molecule has 0 radical (unpaired) electrons. The minimum atomic E-state index is -0.578. The molecule has 8 nitrogen and oxygen atoms in total. The third-order valence-corrected chi connectivity index (χ3v) is 4.90. The number of amides is 1. The Hall–Kier alpha value is -3.13. The monoisotopic (exact) mass is 367 g/mol. The van der Waals surface area contributed by atoms with E-state index in [4.69, 9.17) is 0 Å². The standard InChI is InChI=1S/C19H21N5O3/c1-11-6-14(21-20-11)7-13-9-24(10-18(13)26)19(27)17-8-16(22-23-17)12-2-4-15(25)5-3-12/h2-6,8,13,18,25-26H,7,9-10H2,1H3,(H,20,21)(H,22,23)/t13-,18+/m1/s1. The molecule has 0 spiro atoms. The van der Waals surface area contributed by atoms with Crippen LogP contribution in [0.25, 0.3) is 11.3 Å². The van der Waals surface area contributed by atoms with Gasteiger partial charge in [0.25, 0.3) is 5.91 Å². The zero-order chi connectivity index (χ0) is 19.0. The van der Waals surface area contributed by atoms with Gasteiger partial charge in [-0.1, -0.05) is 0 Å². The Labute approximate surface area is 155 Å². The van der Waals surface area contributed by atoms with Crippen molar-refractivity contribution in [2.75, 3.05) is 13.1 Å². The molecule has 4 N–H and O–H groups in total. The van der Waals surface area contributed by atoms with Crippen molar-refractivity contribution in [3.05, 3.63) is 53.5 Å². The number of aromatic amines is 2. The summed E-state index contributed by atoms with van der Waals surface area (Å²) in [7, 11) is 0. The van der Waals surface area contributed by atoms with Crippen LogP contribution in [0, 0.1) is 12.8 Å². The lowest BCUT2D eigenvalue weighted by molar-refractivity contribution is 0.0759. The average Bonchev–Trinajstić information content (AvgIpc) is 3.37. The maximum Gasteiger partial charge on any atom is 0.271 e. The average molecular weight is 367 g/mol. The van der Waals surface area contributed by atoms with Gasteiger partial charge in [0.1, 0.15) is 11.4 Å². The number of likely N-dealkylation sites (tertiary alicyclic amines) is 1. The van der Waals surface area contributed by atoms with Gasteiger partial charge in [0.05, 0.1) is 17.5 Å². The number of phenols is 1. The Morgan fingerprint density at radius 1 is 1.19 bits per heavy atom. The van der Waals surface area contributed by atoms with Crippen molar-refractivity contribution in [1.29, 1.82) is 0 Å². The summed E-state index contributed by atoms with van der Waals surface area (Å²) in [5, 5.41) is 33.8. The van der Waals surface area contributed by atoms with Crippen LogP contribution in [0.3, 0.4) is 0 Å². The SMILES string of the molecule is Cc1cc(C[C@@H]2CN(C(=O)c3cc(-c4ccc(O)cc4)n[nH]3)C[C@@H]2O)n[nH]1. The number of aromatic hydroxyl groups is 1. The van der Waals surface area contributed by atoms with Gasteiger partial charge in [0.2, 0.25) is 0 Å². The maximum absolute atomic E-state index is 12.8. The summed E-state index contributed by atoms with van der Waals surface area (Å²) < 4.78 is 0. The van der Waals surface area contributed by atoms with Gasteiger partial charge >= 0.3 is 0 Å². The summed E-state index contributed by atoms with van der Waals surface area (Å²) in [6, 6.07) is 10.3. The molecule has 2 atom stereocenters. The quantitative estimate of drug-likeness (QED) is 0.557. The van der Waals surface area contributed by atoms with E-state index in [9.17, 15) is 15.0 Å². The molecule has 0 bridgehead atoms. The fourth-order valence-corrected chi connectivity index (χ4v) is 3.45. The normalized spacial score (nSPS) is 19.6. The molecule has 1 aliphatic heterocycles. The molecule has 1 fully saturated rings. The van der Waals surface area contributed by atoms with Gasteiger partial charge in [0, 0.05) is 30.3 Å². The highest BCUT2D eigenvalue weighted by molar-refractivity contribution is 5.93. The number of phenolic OH excluding ortho intramolecular Hbond substituents is 1. The van der Waals surface area contributed by atoms with Crippen LogP contribution in [-0.4, -0.2) is 60.6 Å². The maximum atomic E-state index is 12.8. The second-order valence-electron chi connectivity index (χ2n) is 7.00. The predicted octanol–water partition coefficient (Wildman–Crippen LogP) is 1.49. The third-order valence-electron chi connectivity index (χ3n) is 4.90. The van der Waals surface area contributed by atoms with E-state index in [0.29, 0.717) is 30.9 Å². The Bertz CT molecular complexity index is 946. The van der Waals surface area contributed by atoms with Crippen LogP contribution in [0.15, 0.2) is 36.4 Å². The zero-order valence-electron chi connectivity index (χ0n) is 14.9. The third kappa shape index (κ3) is 3.56.